The molecule has 0 spiro atoms. The molecule has 3 aromatic rings. The van der Waals surface area contributed by atoms with Gasteiger partial charge in [-0.2, -0.15) is 5.10 Å². The van der Waals surface area contributed by atoms with Gasteiger partial charge in [0.05, 0.1) is 29.5 Å². The molecule has 3 rings (SSSR count). The first-order valence-corrected chi connectivity index (χ1v) is 8.32. The van der Waals surface area contributed by atoms with Crippen molar-refractivity contribution in [1.29, 1.82) is 0 Å². The summed E-state index contributed by atoms with van der Waals surface area (Å²) in [5.74, 6) is 0. The molecule has 122 valence electrons. The van der Waals surface area contributed by atoms with Gasteiger partial charge in [-0.1, -0.05) is 30.3 Å². The minimum Gasteiger partial charge on any atom is -0.370 e. The molecule has 0 aliphatic carbocycles. The van der Waals surface area contributed by atoms with Crippen molar-refractivity contribution < 1.29 is 9.66 Å². The molecule has 6 nitrogen and oxygen atoms in total. The van der Waals surface area contributed by atoms with E-state index in [9.17, 15) is 10.1 Å². The molecule has 0 unspecified atom stereocenters. The maximum atomic E-state index is 10.7. The molecule has 7 heteroatoms. The summed E-state index contributed by atoms with van der Waals surface area (Å²) in [5.41, 5.74) is 2.77. The molecule has 0 aliphatic heterocycles. The van der Waals surface area contributed by atoms with E-state index in [1.54, 1.807) is 16.8 Å². The number of rotatable bonds is 6. The molecule has 0 atom stereocenters. The SMILES string of the molecule is O=[N+]([O-])c1ccc(-n2nc(COCc3ccccc3)cc2I)cc1. The van der Waals surface area contributed by atoms with Crippen molar-refractivity contribution >= 4 is 28.3 Å². The standard InChI is InChI=1S/C17H14IN3O3/c18-17-10-14(12-24-11-13-4-2-1-3-5-13)19-20(17)15-6-8-16(9-7-15)21(22)23/h1-10H,11-12H2. The van der Waals surface area contributed by atoms with Crippen LogP contribution in [0.25, 0.3) is 5.69 Å². The first kappa shape index (κ1) is 16.6. The number of benzene rings is 2. The maximum Gasteiger partial charge on any atom is 0.269 e. The second-order valence-electron chi connectivity index (χ2n) is 5.12. The Bertz CT molecular complexity index is 832. The molecule has 2 aromatic carbocycles. The zero-order chi connectivity index (χ0) is 16.9. The van der Waals surface area contributed by atoms with Gasteiger partial charge in [-0.3, -0.25) is 10.1 Å². The normalized spacial score (nSPS) is 10.7. The molecule has 0 radical (unpaired) electrons. The van der Waals surface area contributed by atoms with E-state index >= 15 is 0 Å². The lowest BCUT2D eigenvalue weighted by atomic mass is 10.2. The van der Waals surface area contributed by atoms with Crippen LogP contribution >= 0.6 is 22.6 Å². The smallest absolute Gasteiger partial charge is 0.269 e. The molecule has 1 aromatic heterocycles. The number of hydrogen-bond donors (Lipinski definition) is 0. The van der Waals surface area contributed by atoms with Crippen molar-refractivity contribution in [1.82, 2.24) is 9.78 Å². The van der Waals surface area contributed by atoms with Gasteiger partial charge < -0.3 is 4.74 Å². The van der Waals surface area contributed by atoms with E-state index in [2.05, 4.69) is 27.7 Å². The largest absolute Gasteiger partial charge is 0.370 e. The van der Waals surface area contributed by atoms with E-state index in [1.165, 1.54) is 12.1 Å². The first-order chi connectivity index (χ1) is 11.6. The van der Waals surface area contributed by atoms with Gasteiger partial charge in [0.2, 0.25) is 0 Å². The fourth-order valence-electron chi connectivity index (χ4n) is 2.22. The highest BCUT2D eigenvalue weighted by Gasteiger charge is 2.10. The lowest BCUT2D eigenvalue weighted by Crippen LogP contribution is -2.00. The zero-order valence-corrected chi connectivity index (χ0v) is 14.8. The lowest BCUT2D eigenvalue weighted by molar-refractivity contribution is -0.384. The third-order valence-corrected chi connectivity index (χ3v) is 4.15. The van der Waals surface area contributed by atoms with Gasteiger partial charge in [0.1, 0.15) is 3.70 Å². The minimum absolute atomic E-state index is 0.0623. The Morgan fingerprint density at radius 2 is 1.79 bits per heavy atom. The highest BCUT2D eigenvalue weighted by Crippen LogP contribution is 2.19. The Labute approximate surface area is 152 Å². The van der Waals surface area contributed by atoms with Crippen molar-refractivity contribution in [2.24, 2.45) is 0 Å². The number of nitro benzene ring substituents is 1. The summed E-state index contributed by atoms with van der Waals surface area (Å²) in [6.45, 7) is 0.937. The van der Waals surface area contributed by atoms with E-state index in [1.807, 2.05) is 36.4 Å². The minimum atomic E-state index is -0.416. The quantitative estimate of drug-likeness (QED) is 0.332. The predicted molar refractivity (Wildman–Crippen MR) is 97.9 cm³/mol. The second-order valence-corrected chi connectivity index (χ2v) is 6.23. The molecule has 0 saturated carbocycles. The molecule has 24 heavy (non-hydrogen) atoms. The predicted octanol–water partition coefficient (Wildman–Crippen LogP) is 4.10. The Balaban J connectivity index is 1.67. The fraction of sp³-hybridized carbons (Fsp3) is 0.118. The Morgan fingerprint density at radius 1 is 1.08 bits per heavy atom. The van der Waals surface area contributed by atoms with Crippen LogP contribution in [0.3, 0.4) is 0 Å². The number of halogens is 1. The number of aromatic nitrogens is 2. The van der Waals surface area contributed by atoms with Gasteiger partial charge in [0, 0.05) is 12.1 Å². The van der Waals surface area contributed by atoms with Crippen molar-refractivity contribution in [3.63, 3.8) is 0 Å². The van der Waals surface area contributed by atoms with Crippen LogP contribution in [-0.4, -0.2) is 14.7 Å². The fourth-order valence-corrected chi connectivity index (χ4v) is 2.96. The van der Waals surface area contributed by atoms with E-state index in [-0.39, 0.29) is 5.69 Å². The van der Waals surface area contributed by atoms with E-state index in [0.29, 0.717) is 13.2 Å². The van der Waals surface area contributed by atoms with Gasteiger partial charge in [-0.15, -0.1) is 0 Å². The number of non-ortho nitro benzene ring substituents is 1. The Kier molecular flexibility index (Phi) is 5.21. The number of nitro groups is 1. The number of hydrogen-bond acceptors (Lipinski definition) is 4. The lowest BCUT2D eigenvalue weighted by Gasteiger charge is -2.03. The van der Waals surface area contributed by atoms with Gasteiger partial charge in [-0.25, -0.2) is 4.68 Å². The second kappa shape index (κ2) is 7.54. The molecular weight excluding hydrogens is 421 g/mol. The van der Waals surface area contributed by atoms with E-state index < -0.39 is 4.92 Å². The average molecular weight is 435 g/mol. The van der Waals surface area contributed by atoms with Crippen LogP contribution in [0.5, 0.6) is 0 Å². The van der Waals surface area contributed by atoms with Crippen LogP contribution in [0.2, 0.25) is 0 Å². The molecule has 0 amide bonds. The van der Waals surface area contributed by atoms with Crippen LogP contribution < -0.4 is 0 Å². The summed E-state index contributed by atoms with van der Waals surface area (Å²) in [4.78, 5) is 10.3. The third-order valence-electron chi connectivity index (χ3n) is 3.38. The zero-order valence-electron chi connectivity index (χ0n) is 12.6. The highest BCUT2D eigenvalue weighted by atomic mass is 127. The van der Waals surface area contributed by atoms with Gasteiger partial charge in [-0.05, 0) is 46.4 Å². The summed E-state index contributed by atoms with van der Waals surface area (Å²) in [6.07, 6.45) is 0. The van der Waals surface area contributed by atoms with Gasteiger partial charge in [0.15, 0.2) is 0 Å². The summed E-state index contributed by atoms with van der Waals surface area (Å²) in [6, 6.07) is 18.2. The van der Waals surface area contributed by atoms with Crippen molar-refractivity contribution in [3.8, 4) is 5.69 Å². The number of nitrogens with zero attached hydrogens (tertiary/aromatic N) is 3. The molecule has 0 fully saturated rings. The van der Waals surface area contributed by atoms with Crippen LogP contribution in [0.15, 0.2) is 60.7 Å². The molecule has 0 saturated heterocycles. The van der Waals surface area contributed by atoms with Crippen molar-refractivity contribution in [3.05, 3.63) is 85.7 Å². The summed E-state index contributed by atoms with van der Waals surface area (Å²) in [5, 5.41) is 15.2. The van der Waals surface area contributed by atoms with Gasteiger partial charge >= 0.3 is 0 Å². The first-order valence-electron chi connectivity index (χ1n) is 7.24. The molecule has 0 N–H and O–H groups in total. The summed E-state index contributed by atoms with van der Waals surface area (Å²) < 4.78 is 8.35. The average Bonchev–Trinajstić information content (AvgIpc) is 2.96. The van der Waals surface area contributed by atoms with Crippen molar-refractivity contribution in [2.75, 3.05) is 0 Å². The maximum absolute atomic E-state index is 10.7. The Morgan fingerprint density at radius 3 is 2.46 bits per heavy atom. The molecular formula is C17H14IN3O3. The van der Waals surface area contributed by atoms with Gasteiger partial charge in [0.25, 0.3) is 5.69 Å². The summed E-state index contributed by atoms with van der Waals surface area (Å²) in [7, 11) is 0. The number of ether oxygens (including phenoxy) is 1. The topological polar surface area (TPSA) is 70.2 Å². The third kappa shape index (κ3) is 3.98. The van der Waals surface area contributed by atoms with Crippen molar-refractivity contribution in [2.45, 2.75) is 13.2 Å². The van der Waals surface area contributed by atoms with E-state index in [0.717, 1.165) is 20.6 Å². The highest BCUT2D eigenvalue weighted by molar-refractivity contribution is 14.1. The van der Waals surface area contributed by atoms with E-state index in [4.69, 9.17) is 4.74 Å². The van der Waals surface area contributed by atoms with Crippen LogP contribution in [0.4, 0.5) is 5.69 Å². The molecule has 0 bridgehead atoms. The van der Waals surface area contributed by atoms with Crippen LogP contribution in [0, 0.1) is 13.8 Å². The van der Waals surface area contributed by atoms with Crippen LogP contribution in [-0.2, 0) is 18.0 Å². The molecule has 1 heterocycles. The molecule has 0 aliphatic rings. The monoisotopic (exact) mass is 435 g/mol. The van der Waals surface area contributed by atoms with Crippen LogP contribution in [0.1, 0.15) is 11.3 Å². The summed E-state index contributed by atoms with van der Waals surface area (Å²) >= 11 is 2.18. The Hall–Kier alpha value is -2.26.